The van der Waals surface area contributed by atoms with E-state index >= 15 is 0 Å². The van der Waals surface area contributed by atoms with E-state index in [0.717, 1.165) is 22.2 Å². The molecule has 0 spiro atoms. The van der Waals surface area contributed by atoms with Gasteiger partial charge in [-0.05, 0) is 35.7 Å². The van der Waals surface area contributed by atoms with Crippen LogP contribution in [0.2, 0.25) is 5.02 Å². The fraction of sp³-hybridized carbons (Fsp3) is 0. The lowest BCUT2D eigenvalue weighted by Crippen LogP contribution is -2.15. The number of hydrogen-bond donors (Lipinski definition) is 3. The number of rotatable bonds is 5. The zero-order valence-corrected chi connectivity index (χ0v) is 18.2. The van der Waals surface area contributed by atoms with Gasteiger partial charge in [0.05, 0.1) is 16.3 Å². The first-order chi connectivity index (χ1) is 15.1. The third-order valence-electron chi connectivity index (χ3n) is 4.56. The van der Waals surface area contributed by atoms with Crippen molar-refractivity contribution in [3.8, 4) is 16.2 Å². The maximum absolute atomic E-state index is 14.5. The lowest BCUT2D eigenvalue weighted by molar-refractivity contribution is 0.0696. The molecule has 11 heteroatoms. The van der Waals surface area contributed by atoms with Gasteiger partial charge in [-0.15, -0.1) is 11.3 Å². The number of benzene rings is 3. The maximum Gasteiger partial charge on any atom is 0.335 e. The Hall–Kier alpha value is -3.21. The average Bonchev–Trinajstić information content (AvgIpc) is 3.15. The van der Waals surface area contributed by atoms with Gasteiger partial charge < -0.3 is 10.2 Å². The van der Waals surface area contributed by atoms with Gasteiger partial charge in [0.25, 0.3) is 10.0 Å². The number of carboxylic acid groups (broad SMARTS) is 1. The standard InChI is InChI=1S/C21H12ClF2NO5S2/c22-13-5-11(21(27)28)7-19(20(13)26)32(29,30)25-16-8-12(14(23)9-15(16)24)18-6-10-3-1-2-4-17(10)31-18/h1-9,25-26H,(H,27,28). The van der Waals surface area contributed by atoms with Gasteiger partial charge in [-0.3, -0.25) is 4.72 Å². The smallest absolute Gasteiger partial charge is 0.335 e. The van der Waals surface area contributed by atoms with E-state index < -0.39 is 54.5 Å². The van der Waals surface area contributed by atoms with Crippen LogP contribution in [0.5, 0.6) is 5.75 Å². The Balaban J connectivity index is 1.80. The van der Waals surface area contributed by atoms with E-state index in [1.807, 2.05) is 29.0 Å². The summed E-state index contributed by atoms with van der Waals surface area (Å²) in [6.07, 6.45) is 0. The fourth-order valence-corrected chi connectivity index (χ4v) is 5.59. The van der Waals surface area contributed by atoms with Crippen molar-refractivity contribution in [2.45, 2.75) is 4.90 Å². The normalized spacial score (nSPS) is 11.6. The molecule has 0 amide bonds. The average molecular weight is 496 g/mol. The molecule has 0 aliphatic rings. The van der Waals surface area contributed by atoms with Crippen molar-refractivity contribution in [3.05, 3.63) is 76.8 Å². The van der Waals surface area contributed by atoms with Crippen LogP contribution < -0.4 is 4.72 Å². The van der Waals surface area contributed by atoms with Crippen molar-refractivity contribution in [1.82, 2.24) is 0 Å². The Morgan fingerprint density at radius 1 is 1.03 bits per heavy atom. The minimum Gasteiger partial charge on any atom is -0.505 e. The summed E-state index contributed by atoms with van der Waals surface area (Å²) in [6.45, 7) is 0. The van der Waals surface area contributed by atoms with E-state index in [1.165, 1.54) is 11.3 Å². The predicted octanol–water partition coefficient (Wildman–Crippen LogP) is 5.70. The van der Waals surface area contributed by atoms with Crippen LogP contribution in [0.4, 0.5) is 14.5 Å². The molecule has 0 atom stereocenters. The molecule has 0 aliphatic carbocycles. The minimum atomic E-state index is -4.69. The molecule has 4 aromatic rings. The van der Waals surface area contributed by atoms with E-state index in [2.05, 4.69) is 0 Å². The van der Waals surface area contributed by atoms with Crippen LogP contribution in [0, 0.1) is 11.6 Å². The van der Waals surface area contributed by atoms with Gasteiger partial charge in [0.2, 0.25) is 0 Å². The molecule has 0 saturated carbocycles. The summed E-state index contributed by atoms with van der Waals surface area (Å²) in [4.78, 5) is 10.8. The Kier molecular flexibility index (Phi) is 5.53. The van der Waals surface area contributed by atoms with Crippen LogP contribution >= 0.6 is 22.9 Å². The van der Waals surface area contributed by atoms with Gasteiger partial charge in [0.15, 0.2) is 5.75 Å². The number of aromatic carboxylic acids is 1. The molecule has 0 aliphatic heterocycles. The van der Waals surface area contributed by atoms with E-state index in [1.54, 1.807) is 6.07 Å². The van der Waals surface area contributed by atoms with Crippen LogP contribution in [-0.4, -0.2) is 24.6 Å². The number of sulfonamides is 1. The van der Waals surface area contributed by atoms with Crippen molar-refractivity contribution in [2.24, 2.45) is 0 Å². The third kappa shape index (κ3) is 3.99. The quantitative estimate of drug-likeness (QED) is 0.329. The summed E-state index contributed by atoms with van der Waals surface area (Å²) in [7, 11) is -4.69. The minimum absolute atomic E-state index is 0.0353. The Bertz CT molecular complexity index is 1470. The molecule has 0 saturated heterocycles. The number of hydrogen-bond acceptors (Lipinski definition) is 5. The number of carbonyl (C=O) groups is 1. The zero-order valence-electron chi connectivity index (χ0n) is 15.8. The lowest BCUT2D eigenvalue weighted by Gasteiger charge is -2.13. The van der Waals surface area contributed by atoms with Crippen LogP contribution in [0.25, 0.3) is 20.5 Å². The largest absolute Gasteiger partial charge is 0.505 e. The molecule has 32 heavy (non-hydrogen) atoms. The molecule has 1 heterocycles. The molecule has 0 bridgehead atoms. The first-order valence-corrected chi connectivity index (χ1v) is 11.5. The molecule has 0 unspecified atom stereocenters. The molecule has 1 aromatic heterocycles. The van der Waals surface area contributed by atoms with E-state index in [4.69, 9.17) is 16.7 Å². The summed E-state index contributed by atoms with van der Waals surface area (Å²) in [5.41, 5.74) is -1.12. The number of fused-ring (bicyclic) bond motifs is 1. The van der Waals surface area contributed by atoms with Gasteiger partial charge >= 0.3 is 5.97 Å². The first-order valence-electron chi connectivity index (χ1n) is 8.83. The van der Waals surface area contributed by atoms with Gasteiger partial charge in [-0.1, -0.05) is 29.8 Å². The number of aromatic hydroxyl groups is 1. The lowest BCUT2D eigenvalue weighted by atomic mass is 10.1. The zero-order chi connectivity index (χ0) is 23.2. The highest BCUT2D eigenvalue weighted by Crippen LogP contribution is 2.38. The van der Waals surface area contributed by atoms with Gasteiger partial charge in [-0.2, -0.15) is 0 Å². The molecule has 3 aromatic carbocycles. The maximum atomic E-state index is 14.5. The SMILES string of the molecule is O=C(O)c1cc(Cl)c(O)c(S(=O)(=O)Nc2cc(-c3cc4ccccc4s3)c(F)cc2F)c1. The molecule has 0 radical (unpaired) electrons. The number of thiophene rings is 1. The number of anilines is 1. The summed E-state index contributed by atoms with van der Waals surface area (Å²) in [5, 5.41) is 19.5. The second-order valence-corrected chi connectivity index (χ2v) is 9.82. The van der Waals surface area contributed by atoms with E-state index in [0.29, 0.717) is 17.0 Å². The van der Waals surface area contributed by atoms with Crippen molar-refractivity contribution >= 4 is 54.7 Å². The van der Waals surface area contributed by atoms with Crippen molar-refractivity contribution < 1.29 is 32.2 Å². The van der Waals surface area contributed by atoms with Crippen molar-refractivity contribution in [3.63, 3.8) is 0 Å². The van der Waals surface area contributed by atoms with Crippen molar-refractivity contribution in [1.29, 1.82) is 0 Å². The first kappa shape index (κ1) is 22.0. The molecule has 164 valence electrons. The number of nitrogens with one attached hydrogen (secondary N) is 1. The second kappa shape index (κ2) is 8.05. The van der Waals surface area contributed by atoms with Crippen molar-refractivity contribution in [2.75, 3.05) is 4.72 Å². The fourth-order valence-electron chi connectivity index (χ4n) is 3.03. The Morgan fingerprint density at radius 3 is 2.44 bits per heavy atom. The summed E-state index contributed by atoms with van der Waals surface area (Å²) >= 11 is 6.98. The van der Waals surface area contributed by atoms with E-state index in [-0.39, 0.29) is 5.56 Å². The number of halogens is 3. The third-order valence-corrected chi connectivity index (χ3v) is 7.37. The van der Waals surface area contributed by atoms with Crippen LogP contribution in [-0.2, 0) is 10.0 Å². The molecule has 6 nitrogen and oxygen atoms in total. The topological polar surface area (TPSA) is 104 Å². The van der Waals surface area contributed by atoms with Gasteiger partial charge in [0.1, 0.15) is 16.5 Å². The summed E-state index contributed by atoms with van der Waals surface area (Å²) < 4.78 is 57.3. The van der Waals surface area contributed by atoms with Gasteiger partial charge in [0, 0.05) is 21.2 Å². The van der Waals surface area contributed by atoms with E-state index in [9.17, 15) is 27.1 Å². The van der Waals surface area contributed by atoms with Crippen LogP contribution in [0.15, 0.2) is 59.5 Å². The molecule has 4 rings (SSSR count). The number of phenolic OH excluding ortho intramolecular Hbond substituents is 1. The molecular weight excluding hydrogens is 484 g/mol. The summed E-state index contributed by atoms with van der Waals surface area (Å²) in [5.74, 6) is -4.48. The predicted molar refractivity (Wildman–Crippen MR) is 118 cm³/mol. The van der Waals surface area contributed by atoms with Crippen LogP contribution in [0.1, 0.15) is 10.4 Å². The Morgan fingerprint density at radius 2 is 1.75 bits per heavy atom. The molecule has 3 N–H and O–H groups in total. The highest BCUT2D eigenvalue weighted by molar-refractivity contribution is 7.92. The summed E-state index contributed by atoms with van der Waals surface area (Å²) in [6, 6.07) is 12.0. The van der Waals surface area contributed by atoms with Crippen LogP contribution in [0.3, 0.4) is 0 Å². The molecular formula is C21H12ClF2NO5S2. The Labute approximate surface area is 189 Å². The highest BCUT2D eigenvalue weighted by Gasteiger charge is 2.25. The number of carboxylic acids is 1. The highest BCUT2D eigenvalue weighted by atomic mass is 35.5. The monoisotopic (exact) mass is 495 g/mol. The molecule has 0 fully saturated rings. The number of phenols is 1. The second-order valence-electron chi connectivity index (χ2n) is 6.68. The van der Waals surface area contributed by atoms with Gasteiger partial charge in [-0.25, -0.2) is 22.0 Å².